The lowest BCUT2D eigenvalue weighted by atomic mass is 10.1. The van der Waals surface area contributed by atoms with E-state index in [0.29, 0.717) is 16.5 Å². The standard InChI is InChI=1S/C14H12Cl2N2O3/c1-2-20-14(19)11-4-9(17)5-12(16)13(11)21-10-3-8(15)6-18-7-10/h3-7H,2,17H2,1H3. The Morgan fingerprint density at radius 3 is 2.71 bits per heavy atom. The van der Waals surface area contributed by atoms with E-state index in [9.17, 15) is 4.79 Å². The highest BCUT2D eigenvalue weighted by atomic mass is 35.5. The molecule has 0 fully saturated rings. The van der Waals surface area contributed by atoms with Gasteiger partial charge in [-0.2, -0.15) is 0 Å². The zero-order valence-electron chi connectivity index (χ0n) is 11.1. The maximum Gasteiger partial charge on any atom is 0.342 e. The van der Waals surface area contributed by atoms with E-state index in [2.05, 4.69) is 4.98 Å². The molecule has 0 aliphatic rings. The zero-order chi connectivity index (χ0) is 15.4. The number of nitrogens with two attached hydrogens (primary N) is 1. The molecule has 2 rings (SSSR count). The lowest BCUT2D eigenvalue weighted by molar-refractivity contribution is 0.0523. The lowest BCUT2D eigenvalue weighted by Gasteiger charge is -2.13. The predicted molar refractivity (Wildman–Crippen MR) is 81.1 cm³/mol. The first-order valence-corrected chi connectivity index (χ1v) is 6.81. The van der Waals surface area contributed by atoms with Gasteiger partial charge >= 0.3 is 5.97 Å². The van der Waals surface area contributed by atoms with Crippen LogP contribution in [-0.2, 0) is 4.74 Å². The SMILES string of the molecule is CCOC(=O)c1cc(N)cc(Cl)c1Oc1cncc(Cl)c1. The summed E-state index contributed by atoms with van der Waals surface area (Å²) in [6.45, 7) is 1.93. The molecular weight excluding hydrogens is 315 g/mol. The van der Waals surface area contributed by atoms with Crippen LogP contribution in [0.25, 0.3) is 0 Å². The lowest BCUT2D eigenvalue weighted by Crippen LogP contribution is -2.08. The summed E-state index contributed by atoms with van der Waals surface area (Å²) in [5.74, 6) is -0.0789. The van der Waals surface area contributed by atoms with Crippen LogP contribution >= 0.6 is 23.2 Å². The number of benzene rings is 1. The van der Waals surface area contributed by atoms with Crippen molar-refractivity contribution in [3.8, 4) is 11.5 Å². The van der Waals surface area contributed by atoms with Crippen LogP contribution < -0.4 is 10.5 Å². The quantitative estimate of drug-likeness (QED) is 0.680. The summed E-state index contributed by atoms with van der Waals surface area (Å²) in [6, 6.07) is 4.48. The second-order valence-corrected chi connectivity index (χ2v) is 4.88. The Labute approximate surface area is 131 Å². The summed E-state index contributed by atoms with van der Waals surface area (Å²) in [5.41, 5.74) is 6.17. The van der Waals surface area contributed by atoms with Gasteiger partial charge in [-0.15, -0.1) is 0 Å². The molecule has 0 atom stereocenters. The van der Waals surface area contributed by atoms with Crippen LogP contribution in [-0.4, -0.2) is 17.6 Å². The van der Waals surface area contributed by atoms with Gasteiger partial charge in [0, 0.05) is 18.0 Å². The largest absolute Gasteiger partial charge is 0.462 e. The molecule has 110 valence electrons. The van der Waals surface area contributed by atoms with Crippen molar-refractivity contribution in [3.05, 3.63) is 46.2 Å². The summed E-state index contributed by atoms with van der Waals surface area (Å²) in [6.07, 6.45) is 2.92. The molecule has 21 heavy (non-hydrogen) atoms. The minimum atomic E-state index is -0.573. The molecule has 1 aromatic carbocycles. The third kappa shape index (κ3) is 3.77. The van der Waals surface area contributed by atoms with Crippen molar-refractivity contribution < 1.29 is 14.3 Å². The monoisotopic (exact) mass is 326 g/mol. The highest BCUT2D eigenvalue weighted by molar-refractivity contribution is 6.33. The van der Waals surface area contributed by atoms with Crippen molar-refractivity contribution in [2.75, 3.05) is 12.3 Å². The first-order chi connectivity index (χ1) is 10.0. The number of pyridine rings is 1. The number of aromatic nitrogens is 1. The van der Waals surface area contributed by atoms with Gasteiger partial charge in [-0.1, -0.05) is 23.2 Å². The van der Waals surface area contributed by atoms with E-state index in [0.717, 1.165) is 0 Å². The maximum atomic E-state index is 12.0. The number of hydrogen-bond acceptors (Lipinski definition) is 5. The first-order valence-electron chi connectivity index (χ1n) is 6.05. The Morgan fingerprint density at radius 1 is 1.29 bits per heavy atom. The fourth-order valence-electron chi connectivity index (χ4n) is 1.64. The Morgan fingerprint density at radius 2 is 2.05 bits per heavy atom. The summed E-state index contributed by atoms with van der Waals surface area (Å²) in [5, 5.41) is 0.592. The third-order valence-corrected chi connectivity index (χ3v) is 2.95. The number of hydrogen-bond donors (Lipinski definition) is 1. The van der Waals surface area contributed by atoms with Gasteiger partial charge in [0.1, 0.15) is 11.3 Å². The van der Waals surface area contributed by atoms with Gasteiger partial charge in [-0.3, -0.25) is 4.98 Å². The molecule has 0 amide bonds. The number of anilines is 1. The fourth-order valence-corrected chi connectivity index (χ4v) is 2.07. The fraction of sp³-hybridized carbons (Fsp3) is 0.143. The molecule has 0 saturated carbocycles. The van der Waals surface area contributed by atoms with E-state index >= 15 is 0 Å². The van der Waals surface area contributed by atoms with Gasteiger partial charge in [-0.25, -0.2) is 4.79 Å². The molecule has 5 nitrogen and oxygen atoms in total. The van der Waals surface area contributed by atoms with Gasteiger partial charge in [-0.05, 0) is 19.1 Å². The number of ether oxygens (including phenoxy) is 2. The molecule has 1 heterocycles. The number of halogens is 2. The van der Waals surface area contributed by atoms with Gasteiger partial charge < -0.3 is 15.2 Å². The summed E-state index contributed by atoms with van der Waals surface area (Å²) in [7, 11) is 0. The van der Waals surface area contributed by atoms with Crippen LogP contribution in [0.1, 0.15) is 17.3 Å². The second kappa shape index (κ2) is 6.65. The minimum absolute atomic E-state index is 0.141. The molecule has 0 bridgehead atoms. The molecule has 2 N–H and O–H groups in total. The van der Waals surface area contributed by atoms with Crippen molar-refractivity contribution in [3.63, 3.8) is 0 Å². The Hall–Kier alpha value is -1.98. The number of rotatable bonds is 4. The molecule has 0 aliphatic heterocycles. The smallest absolute Gasteiger partial charge is 0.342 e. The maximum absolute atomic E-state index is 12.0. The predicted octanol–water partition coefficient (Wildman–Crippen LogP) is 3.94. The van der Waals surface area contributed by atoms with E-state index in [1.807, 2.05) is 0 Å². The van der Waals surface area contributed by atoms with E-state index in [1.165, 1.54) is 24.5 Å². The summed E-state index contributed by atoms with van der Waals surface area (Å²) >= 11 is 11.9. The molecule has 0 aliphatic carbocycles. The molecule has 2 aromatic rings. The normalized spacial score (nSPS) is 10.2. The van der Waals surface area contributed by atoms with Gasteiger partial charge in [0.25, 0.3) is 0 Å². The van der Waals surface area contributed by atoms with Crippen LogP contribution in [0.3, 0.4) is 0 Å². The molecule has 0 radical (unpaired) electrons. The number of nitrogens with zero attached hydrogens (tertiary/aromatic N) is 1. The number of nitrogen functional groups attached to an aromatic ring is 1. The zero-order valence-corrected chi connectivity index (χ0v) is 12.6. The van der Waals surface area contributed by atoms with Crippen LogP contribution in [0.2, 0.25) is 10.0 Å². The van der Waals surface area contributed by atoms with Crippen molar-refractivity contribution in [1.29, 1.82) is 0 Å². The first kappa shape index (κ1) is 15.4. The van der Waals surface area contributed by atoms with Crippen molar-refractivity contribution in [2.45, 2.75) is 6.92 Å². The van der Waals surface area contributed by atoms with E-state index in [4.69, 9.17) is 38.4 Å². The van der Waals surface area contributed by atoms with Gasteiger partial charge in [0.15, 0.2) is 5.75 Å². The highest BCUT2D eigenvalue weighted by Crippen LogP contribution is 2.35. The average Bonchev–Trinajstić information content (AvgIpc) is 2.42. The molecule has 7 heteroatoms. The van der Waals surface area contributed by atoms with Gasteiger partial charge in [0.2, 0.25) is 0 Å². The van der Waals surface area contributed by atoms with E-state index < -0.39 is 5.97 Å². The number of esters is 1. The molecular formula is C14H12Cl2N2O3. The van der Waals surface area contributed by atoms with Crippen molar-refractivity contribution in [2.24, 2.45) is 0 Å². The molecule has 0 spiro atoms. The second-order valence-electron chi connectivity index (χ2n) is 4.04. The average molecular weight is 327 g/mol. The van der Waals surface area contributed by atoms with Crippen LogP contribution in [0.4, 0.5) is 5.69 Å². The minimum Gasteiger partial charge on any atom is -0.462 e. The molecule has 0 saturated heterocycles. The number of carbonyl (C=O) groups excluding carboxylic acids is 1. The molecule has 0 unspecified atom stereocenters. The van der Waals surface area contributed by atoms with Crippen LogP contribution in [0.5, 0.6) is 11.5 Å². The molecule has 1 aromatic heterocycles. The van der Waals surface area contributed by atoms with Crippen LogP contribution in [0, 0.1) is 0 Å². The third-order valence-electron chi connectivity index (χ3n) is 2.46. The van der Waals surface area contributed by atoms with Crippen molar-refractivity contribution in [1.82, 2.24) is 4.98 Å². The van der Waals surface area contributed by atoms with E-state index in [-0.39, 0.29) is 22.9 Å². The number of carbonyl (C=O) groups is 1. The van der Waals surface area contributed by atoms with Crippen LogP contribution in [0.15, 0.2) is 30.6 Å². The Balaban J connectivity index is 2.44. The van der Waals surface area contributed by atoms with Crippen molar-refractivity contribution >= 4 is 34.9 Å². The summed E-state index contributed by atoms with van der Waals surface area (Å²) < 4.78 is 10.6. The highest BCUT2D eigenvalue weighted by Gasteiger charge is 2.19. The van der Waals surface area contributed by atoms with Gasteiger partial charge in [0.05, 0.1) is 22.8 Å². The van der Waals surface area contributed by atoms with E-state index in [1.54, 1.807) is 13.0 Å². The summed E-state index contributed by atoms with van der Waals surface area (Å²) in [4.78, 5) is 15.9. The Bertz CT molecular complexity index is 677. The Kier molecular flexibility index (Phi) is 4.88. The topological polar surface area (TPSA) is 74.4 Å².